The first-order chi connectivity index (χ1) is 7.50. The maximum atomic E-state index is 5.93. The van der Waals surface area contributed by atoms with Gasteiger partial charge in [-0.1, -0.05) is 26.0 Å². The summed E-state index contributed by atoms with van der Waals surface area (Å²) in [5, 5.41) is 0. The Labute approximate surface area is 99.9 Å². The second-order valence-electron chi connectivity index (χ2n) is 4.09. The number of rotatable bonds is 4. The third kappa shape index (κ3) is 5.64. The molecule has 92 valence electrons. The highest BCUT2D eigenvalue weighted by Crippen LogP contribution is 2.28. The van der Waals surface area contributed by atoms with Crippen molar-refractivity contribution in [2.24, 2.45) is 5.73 Å². The summed E-state index contributed by atoms with van der Waals surface area (Å²) >= 11 is 0. The summed E-state index contributed by atoms with van der Waals surface area (Å²) in [6.07, 6.45) is 4.56. The third-order valence-corrected chi connectivity index (χ3v) is 2.00. The van der Waals surface area contributed by atoms with Gasteiger partial charge in [0.15, 0.2) is 0 Å². The van der Waals surface area contributed by atoms with Crippen molar-refractivity contribution in [1.82, 2.24) is 0 Å². The lowest BCUT2D eigenvalue weighted by atomic mass is 10.2. The normalized spacial score (nSPS) is 14.7. The Kier molecular flexibility index (Phi) is 6.63. The molecule has 0 unspecified atom stereocenters. The molecule has 2 nitrogen and oxygen atoms in total. The van der Waals surface area contributed by atoms with Gasteiger partial charge in [0.2, 0.25) is 0 Å². The highest BCUT2D eigenvalue weighted by atomic mass is 16.5. The second-order valence-corrected chi connectivity index (χ2v) is 4.09. The van der Waals surface area contributed by atoms with Gasteiger partial charge in [-0.15, -0.1) is 0 Å². The molecule has 1 aliphatic carbocycles. The van der Waals surface area contributed by atoms with Gasteiger partial charge in [-0.2, -0.15) is 0 Å². The fourth-order valence-electron chi connectivity index (χ4n) is 1.01. The predicted octanol–water partition coefficient (Wildman–Crippen LogP) is 3.90. The highest BCUT2D eigenvalue weighted by Gasteiger charge is 2.25. The van der Waals surface area contributed by atoms with Crippen molar-refractivity contribution in [3.63, 3.8) is 0 Å². The fraction of sp³-hybridized carbons (Fsp3) is 0.571. The van der Waals surface area contributed by atoms with E-state index in [1.807, 2.05) is 40.7 Å². The molecule has 0 saturated heterocycles. The summed E-state index contributed by atoms with van der Waals surface area (Å²) < 4.78 is 5.71. The van der Waals surface area contributed by atoms with E-state index in [4.69, 9.17) is 10.5 Å². The monoisotopic (exact) mass is 223 g/mol. The van der Waals surface area contributed by atoms with Gasteiger partial charge in [-0.05, 0) is 45.3 Å². The lowest BCUT2D eigenvalue weighted by Gasteiger charge is -2.11. The highest BCUT2D eigenvalue weighted by molar-refractivity contribution is 5.32. The van der Waals surface area contributed by atoms with Crippen molar-refractivity contribution in [3.05, 3.63) is 35.3 Å². The van der Waals surface area contributed by atoms with Crippen LogP contribution in [0, 0.1) is 0 Å². The lowest BCUT2D eigenvalue weighted by molar-refractivity contribution is 0.203. The lowest BCUT2D eigenvalue weighted by Crippen LogP contribution is -2.08. The molecule has 2 heteroatoms. The quantitative estimate of drug-likeness (QED) is 0.579. The van der Waals surface area contributed by atoms with Crippen LogP contribution in [0.2, 0.25) is 0 Å². The van der Waals surface area contributed by atoms with Gasteiger partial charge in [0, 0.05) is 0 Å². The molecule has 2 N–H and O–H groups in total. The van der Waals surface area contributed by atoms with E-state index in [0.29, 0.717) is 6.10 Å². The minimum atomic E-state index is 0.374. The molecule has 0 aliphatic heterocycles. The Balaban J connectivity index is 0.00000106. The van der Waals surface area contributed by atoms with Crippen molar-refractivity contribution in [2.45, 2.75) is 53.6 Å². The number of allylic oxidation sites excluding steroid dienone is 3. The molecule has 16 heavy (non-hydrogen) atoms. The van der Waals surface area contributed by atoms with Crippen LogP contribution in [0.5, 0.6) is 0 Å². The molecule has 0 bridgehead atoms. The summed E-state index contributed by atoms with van der Waals surface area (Å²) in [5.74, 6) is 0.778. The molecule has 0 radical (unpaired) electrons. The molecule has 1 saturated carbocycles. The summed E-state index contributed by atoms with van der Waals surface area (Å²) in [4.78, 5) is 0. The van der Waals surface area contributed by atoms with E-state index < -0.39 is 0 Å². The number of nitrogens with two attached hydrogens (primary N) is 1. The largest absolute Gasteiger partial charge is 0.488 e. The Morgan fingerprint density at radius 3 is 2.06 bits per heavy atom. The van der Waals surface area contributed by atoms with Crippen molar-refractivity contribution < 1.29 is 4.74 Å². The van der Waals surface area contributed by atoms with Gasteiger partial charge in [0.05, 0.1) is 11.8 Å². The molecular formula is C14H25NO. The van der Waals surface area contributed by atoms with Crippen molar-refractivity contribution >= 4 is 0 Å². The first kappa shape index (κ1) is 14.8. The van der Waals surface area contributed by atoms with Crippen LogP contribution in [0.15, 0.2) is 35.3 Å². The minimum Gasteiger partial charge on any atom is -0.488 e. The minimum absolute atomic E-state index is 0.374. The first-order valence-corrected chi connectivity index (χ1v) is 5.98. The zero-order chi connectivity index (χ0) is 12.7. The Morgan fingerprint density at radius 2 is 1.75 bits per heavy atom. The number of ether oxygens (including phenoxy) is 1. The average Bonchev–Trinajstić information content (AvgIpc) is 3.02. The predicted molar refractivity (Wildman–Crippen MR) is 70.9 cm³/mol. The third-order valence-electron chi connectivity index (χ3n) is 2.00. The molecule has 0 atom stereocenters. The molecule has 1 rings (SSSR count). The molecule has 0 aromatic heterocycles. The summed E-state index contributed by atoms with van der Waals surface area (Å²) in [7, 11) is 0. The zero-order valence-electron chi connectivity index (χ0n) is 11.3. The molecule has 0 amide bonds. The molecule has 0 aromatic rings. The van der Waals surface area contributed by atoms with Crippen LogP contribution < -0.4 is 5.73 Å². The second kappa shape index (κ2) is 7.15. The molecule has 0 spiro atoms. The SMILES string of the molecule is C=C(C)/C=C(/OC1CC1)C(N)=C(C)C.CC. The molecular weight excluding hydrogens is 198 g/mol. The Morgan fingerprint density at radius 1 is 1.25 bits per heavy atom. The zero-order valence-corrected chi connectivity index (χ0v) is 11.3. The maximum Gasteiger partial charge on any atom is 0.142 e. The smallest absolute Gasteiger partial charge is 0.142 e. The molecule has 1 fully saturated rings. The van der Waals surface area contributed by atoms with Crippen LogP contribution >= 0.6 is 0 Å². The molecule has 1 aliphatic rings. The van der Waals surface area contributed by atoms with E-state index >= 15 is 0 Å². The van der Waals surface area contributed by atoms with Crippen molar-refractivity contribution in [3.8, 4) is 0 Å². The maximum absolute atomic E-state index is 5.93. The first-order valence-electron chi connectivity index (χ1n) is 5.98. The topological polar surface area (TPSA) is 35.2 Å². The van der Waals surface area contributed by atoms with E-state index in [9.17, 15) is 0 Å². The van der Waals surface area contributed by atoms with E-state index in [2.05, 4.69) is 6.58 Å². The summed E-state index contributed by atoms with van der Waals surface area (Å²) in [6.45, 7) is 13.7. The van der Waals surface area contributed by atoms with Crippen LogP contribution in [0.4, 0.5) is 0 Å². The van der Waals surface area contributed by atoms with Crippen LogP contribution in [0.3, 0.4) is 0 Å². The van der Waals surface area contributed by atoms with Crippen LogP contribution in [0.1, 0.15) is 47.5 Å². The van der Waals surface area contributed by atoms with Crippen LogP contribution in [-0.2, 0) is 4.74 Å². The van der Waals surface area contributed by atoms with Gasteiger partial charge in [0.1, 0.15) is 5.76 Å². The number of hydrogen-bond acceptors (Lipinski definition) is 2. The Bertz CT molecular complexity index is 292. The van der Waals surface area contributed by atoms with Gasteiger partial charge in [0.25, 0.3) is 0 Å². The fourth-order valence-corrected chi connectivity index (χ4v) is 1.01. The van der Waals surface area contributed by atoms with Crippen LogP contribution in [-0.4, -0.2) is 6.10 Å². The standard InChI is InChI=1S/C12H19NO.C2H6/c1-8(2)7-11(12(13)9(3)4)14-10-5-6-10;1-2/h7,10H,1,5-6,13H2,2-4H3;1-2H3/b11-7+;. The van der Waals surface area contributed by atoms with Gasteiger partial charge in [-0.3, -0.25) is 0 Å². The van der Waals surface area contributed by atoms with Gasteiger partial charge in [-0.25, -0.2) is 0 Å². The van der Waals surface area contributed by atoms with E-state index in [-0.39, 0.29) is 0 Å². The molecule has 0 heterocycles. The summed E-state index contributed by atoms with van der Waals surface area (Å²) in [6, 6.07) is 0. The van der Waals surface area contributed by atoms with E-state index in [1.54, 1.807) is 0 Å². The van der Waals surface area contributed by atoms with Crippen molar-refractivity contribution in [1.29, 1.82) is 0 Å². The van der Waals surface area contributed by atoms with E-state index in [0.717, 1.165) is 35.4 Å². The van der Waals surface area contributed by atoms with Crippen molar-refractivity contribution in [2.75, 3.05) is 0 Å². The van der Waals surface area contributed by atoms with Crippen LogP contribution in [0.25, 0.3) is 0 Å². The van der Waals surface area contributed by atoms with Gasteiger partial charge >= 0.3 is 0 Å². The van der Waals surface area contributed by atoms with E-state index in [1.165, 1.54) is 0 Å². The Hall–Kier alpha value is -1.18. The number of hydrogen-bond donors (Lipinski definition) is 1. The van der Waals surface area contributed by atoms with Gasteiger partial charge < -0.3 is 10.5 Å². The summed E-state index contributed by atoms with van der Waals surface area (Å²) in [5.41, 5.74) is 8.71. The molecule has 0 aromatic carbocycles. The average molecular weight is 223 g/mol.